The maximum atomic E-state index is 12.7. The highest BCUT2D eigenvalue weighted by molar-refractivity contribution is 6.55. The van der Waals surface area contributed by atoms with Crippen LogP contribution in [-0.2, 0) is 16.0 Å². The second-order valence-electron chi connectivity index (χ2n) is 5.45. The number of rotatable bonds is 4. The molecule has 0 saturated heterocycles. The van der Waals surface area contributed by atoms with Crippen molar-refractivity contribution < 1.29 is 9.59 Å². The highest BCUT2D eigenvalue weighted by atomic mass is 35.5. The van der Waals surface area contributed by atoms with Gasteiger partial charge in [0.1, 0.15) is 5.03 Å². The van der Waals surface area contributed by atoms with E-state index in [1.54, 1.807) is 24.3 Å². The van der Waals surface area contributed by atoms with Crippen LogP contribution in [0.4, 0.5) is 0 Å². The van der Waals surface area contributed by atoms with Gasteiger partial charge in [-0.1, -0.05) is 64.6 Å². The van der Waals surface area contributed by atoms with E-state index in [0.717, 1.165) is 10.5 Å². The summed E-state index contributed by atoms with van der Waals surface area (Å²) >= 11 is 24.0. The lowest BCUT2D eigenvalue weighted by Gasteiger charge is -2.15. The maximum absolute atomic E-state index is 12.7. The topological polar surface area (TPSA) is 37.4 Å². The largest absolute Gasteiger partial charge is 0.273 e. The fourth-order valence-corrected chi connectivity index (χ4v) is 3.48. The zero-order valence-electron chi connectivity index (χ0n) is 12.7. The molecule has 1 heterocycles. The number of amides is 2. The molecule has 0 fully saturated rings. The average Bonchev–Trinajstić information content (AvgIpc) is 2.78. The summed E-state index contributed by atoms with van der Waals surface area (Å²) in [6, 6.07) is 11.9. The predicted molar refractivity (Wildman–Crippen MR) is 101 cm³/mol. The third kappa shape index (κ3) is 3.70. The number of nitrogens with zero attached hydrogens (tertiary/aromatic N) is 1. The van der Waals surface area contributed by atoms with Gasteiger partial charge in [0, 0.05) is 22.2 Å². The second kappa shape index (κ2) is 7.38. The molecule has 2 amide bonds. The zero-order valence-corrected chi connectivity index (χ0v) is 15.8. The summed E-state index contributed by atoms with van der Waals surface area (Å²) in [5.41, 5.74) is 1.45. The van der Waals surface area contributed by atoms with Crippen molar-refractivity contribution in [2.75, 3.05) is 6.54 Å². The Kier molecular flexibility index (Phi) is 5.40. The molecule has 25 heavy (non-hydrogen) atoms. The summed E-state index contributed by atoms with van der Waals surface area (Å²) in [6.07, 6.45) is 0.500. The number of imide groups is 1. The van der Waals surface area contributed by atoms with E-state index in [2.05, 4.69) is 0 Å². The van der Waals surface area contributed by atoms with Gasteiger partial charge in [0.05, 0.1) is 10.6 Å². The maximum Gasteiger partial charge on any atom is 0.273 e. The van der Waals surface area contributed by atoms with E-state index in [1.807, 2.05) is 12.1 Å². The van der Waals surface area contributed by atoms with Crippen LogP contribution in [0.15, 0.2) is 47.5 Å². The monoisotopic (exact) mass is 413 g/mol. The zero-order chi connectivity index (χ0) is 18.1. The van der Waals surface area contributed by atoms with Gasteiger partial charge in [0.2, 0.25) is 0 Å². The van der Waals surface area contributed by atoms with Crippen molar-refractivity contribution in [3.8, 4) is 0 Å². The van der Waals surface area contributed by atoms with Crippen molar-refractivity contribution in [1.82, 2.24) is 4.90 Å². The number of benzene rings is 2. The molecule has 2 aromatic rings. The fourth-order valence-electron chi connectivity index (χ4n) is 2.57. The molecular weight excluding hydrogens is 404 g/mol. The second-order valence-corrected chi connectivity index (χ2v) is 7.11. The fraction of sp³-hybridized carbons (Fsp3) is 0.111. The predicted octanol–water partition coefficient (Wildman–Crippen LogP) is 5.21. The Balaban J connectivity index is 1.82. The lowest BCUT2D eigenvalue weighted by Crippen LogP contribution is -2.33. The van der Waals surface area contributed by atoms with Crippen molar-refractivity contribution in [3.63, 3.8) is 0 Å². The Morgan fingerprint density at radius 2 is 1.44 bits per heavy atom. The molecule has 128 valence electrons. The molecule has 0 spiro atoms. The van der Waals surface area contributed by atoms with E-state index in [1.165, 1.54) is 6.07 Å². The Hall–Kier alpha value is -1.52. The van der Waals surface area contributed by atoms with Gasteiger partial charge in [0.15, 0.2) is 0 Å². The molecule has 0 saturated carbocycles. The van der Waals surface area contributed by atoms with Gasteiger partial charge < -0.3 is 0 Å². The molecule has 0 aliphatic carbocycles. The summed E-state index contributed by atoms with van der Waals surface area (Å²) in [5.74, 6) is -0.991. The van der Waals surface area contributed by atoms with Crippen molar-refractivity contribution in [3.05, 3.63) is 73.7 Å². The van der Waals surface area contributed by atoms with E-state index in [-0.39, 0.29) is 22.2 Å². The molecule has 3 rings (SSSR count). The van der Waals surface area contributed by atoms with Crippen LogP contribution in [0.25, 0.3) is 5.57 Å². The van der Waals surface area contributed by atoms with Gasteiger partial charge >= 0.3 is 0 Å². The smallest absolute Gasteiger partial charge is 0.273 e. The van der Waals surface area contributed by atoms with Gasteiger partial charge in [-0.05, 0) is 36.2 Å². The van der Waals surface area contributed by atoms with Crippen molar-refractivity contribution in [2.24, 2.45) is 0 Å². The highest BCUT2D eigenvalue weighted by Crippen LogP contribution is 2.36. The van der Waals surface area contributed by atoms with Gasteiger partial charge in [-0.3, -0.25) is 14.5 Å². The van der Waals surface area contributed by atoms with Crippen LogP contribution in [0.5, 0.6) is 0 Å². The Labute approximate surface area is 164 Å². The van der Waals surface area contributed by atoms with Gasteiger partial charge in [-0.15, -0.1) is 0 Å². The quantitative estimate of drug-likeness (QED) is 0.644. The summed E-state index contributed by atoms with van der Waals surface area (Å²) in [6.45, 7) is 0.213. The number of hydrogen-bond acceptors (Lipinski definition) is 2. The lowest BCUT2D eigenvalue weighted by molar-refractivity contribution is -0.136. The first-order valence-corrected chi connectivity index (χ1v) is 8.85. The minimum absolute atomic E-state index is 0.101. The molecule has 0 bridgehead atoms. The molecule has 1 aliphatic rings. The van der Waals surface area contributed by atoms with Crippen molar-refractivity contribution >= 4 is 63.8 Å². The molecule has 3 nitrogen and oxygen atoms in total. The first-order valence-electron chi connectivity index (χ1n) is 7.34. The van der Waals surface area contributed by atoms with E-state index in [9.17, 15) is 9.59 Å². The van der Waals surface area contributed by atoms with Gasteiger partial charge in [-0.2, -0.15) is 0 Å². The summed E-state index contributed by atoms with van der Waals surface area (Å²) in [7, 11) is 0. The van der Waals surface area contributed by atoms with E-state index >= 15 is 0 Å². The lowest BCUT2D eigenvalue weighted by atomic mass is 10.1. The SMILES string of the molecule is O=C1C(Cl)=C(c2ccc(Cl)cc2Cl)C(=O)N1CCc1ccc(Cl)cc1. The van der Waals surface area contributed by atoms with Gasteiger partial charge in [0.25, 0.3) is 11.8 Å². The molecule has 0 N–H and O–H groups in total. The molecule has 0 atom stereocenters. The third-order valence-corrected chi connectivity index (χ3v) is 5.00. The van der Waals surface area contributed by atoms with E-state index < -0.39 is 11.8 Å². The average molecular weight is 415 g/mol. The first-order chi connectivity index (χ1) is 11.9. The minimum atomic E-state index is -0.526. The Morgan fingerprint density at radius 1 is 0.800 bits per heavy atom. The minimum Gasteiger partial charge on any atom is -0.273 e. The number of halogens is 4. The molecule has 0 aromatic heterocycles. The van der Waals surface area contributed by atoms with Crippen molar-refractivity contribution in [2.45, 2.75) is 6.42 Å². The summed E-state index contributed by atoms with van der Waals surface area (Å²) in [4.78, 5) is 26.2. The number of carbonyl (C=O) groups is 2. The van der Waals surface area contributed by atoms with Crippen LogP contribution in [0, 0.1) is 0 Å². The Morgan fingerprint density at radius 3 is 2.08 bits per heavy atom. The number of hydrogen-bond donors (Lipinski definition) is 0. The molecule has 7 heteroatoms. The van der Waals surface area contributed by atoms with Crippen LogP contribution in [0.3, 0.4) is 0 Å². The molecule has 1 aliphatic heterocycles. The van der Waals surface area contributed by atoms with E-state index in [0.29, 0.717) is 22.0 Å². The highest BCUT2D eigenvalue weighted by Gasteiger charge is 2.38. The normalized spacial score (nSPS) is 14.6. The van der Waals surface area contributed by atoms with Crippen LogP contribution < -0.4 is 0 Å². The van der Waals surface area contributed by atoms with Gasteiger partial charge in [-0.25, -0.2) is 0 Å². The first kappa shape index (κ1) is 18.3. The molecular formula is C18H11Cl4NO2. The standard InChI is InChI=1S/C18H11Cl4NO2/c19-11-3-1-10(2-4-11)7-8-23-17(24)15(16(22)18(23)25)13-6-5-12(20)9-14(13)21/h1-6,9H,7-8H2. The molecule has 2 aromatic carbocycles. The van der Waals surface area contributed by atoms with Crippen LogP contribution in [0.2, 0.25) is 15.1 Å². The molecule has 0 unspecified atom stereocenters. The van der Waals surface area contributed by atoms with E-state index in [4.69, 9.17) is 46.4 Å². The molecule has 0 radical (unpaired) electrons. The number of carbonyl (C=O) groups excluding carboxylic acids is 2. The van der Waals surface area contributed by atoms with Crippen LogP contribution in [-0.4, -0.2) is 23.3 Å². The van der Waals surface area contributed by atoms with Crippen molar-refractivity contribution in [1.29, 1.82) is 0 Å². The summed E-state index contributed by atoms with van der Waals surface area (Å²) < 4.78 is 0. The van der Waals surface area contributed by atoms with Crippen LogP contribution in [0.1, 0.15) is 11.1 Å². The Bertz CT molecular complexity index is 890. The third-order valence-electron chi connectivity index (χ3n) is 3.85. The van der Waals surface area contributed by atoms with Crippen LogP contribution >= 0.6 is 46.4 Å². The summed E-state index contributed by atoms with van der Waals surface area (Å²) in [5, 5.41) is 1.19.